The monoisotopic (exact) mass is 300 g/mol. The Labute approximate surface area is 121 Å². The van der Waals surface area contributed by atoms with Crippen LogP contribution in [0.15, 0.2) is 24.3 Å². The molecule has 0 fully saturated rings. The van der Waals surface area contributed by atoms with Gasteiger partial charge in [-0.1, -0.05) is 26.0 Å². The molecule has 0 radical (unpaired) electrons. The molecule has 0 heterocycles. The van der Waals surface area contributed by atoms with Gasteiger partial charge in [-0.05, 0) is 24.6 Å². The molecule has 0 saturated heterocycles. The molecule has 20 heavy (non-hydrogen) atoms. The van der Waals surface area contributed by atoms with E-state index in [1.165, 1.54) is 0 Å². The highest BCUT2D eigenvalue weighted by Crippen LogP contribution is 2.11. The highest BCUT2D eigenvalue weighted by Gasteiger charge is 2.09. The Morgan fingerprint density at radius 3 is 2.65 bits per heavy atom. The second kappa shape index (κ2) is 8.24. The average Bonchev–Trinajstić information content (AvgIpc) is 2.34. The predicted octanol–water partition coefficient (Wildman–Crippen LogP) is 1.29. The number of sulfonamides is 1. The van der Waals surface area contributed by atoms with E-state index in [1.807, 2.05) is 45.0 Å². The molecule has 0 bridgehead atoms. The second-order valence-electron chi connectivity index (χ2n) is 4.99. The third-order valence-corrected chi connectivity index (χ3v) is 3.99. The van der Waals surface area contributed by atoms with Crippen LogP contribution in [-0.2, 0) is 10.0 Å². The van der Waals surface area contributed by atoms with Crippen molar-refractivity contribution in [3.8, 4) is 5.75 Å². The maximum atomic E-state index is 11.7. The Hall–Kier alpha value is -1.11. The summed E-state index contributed by atoms with van der Waals surface area (Å²) in [6, 6.07) is 7.95. The third kappa shape index (κ3) is 7.47. The predicted molar refractivity (Wildman–Crippen MR) is 81.6 cm³/mol. The molecule has 0 atom stereocenters. The van der Waals surface area contributed by atoms with Crippen molar-refractivity contribution in [1.29, 1.82) is 0 Å². The van der Waals surface area contributed by atoms with E-state index < -0.39 is 10.0 Å². The highest BCUT2D eigenvalue weighted by molar-refractivity contribution is 7.89. The van der Waals surface area contributed by atoms with Gasteiger partial charge in [-0.25, -0.2) is 13.1 Å². The highest BCUT2D eigenvalue weighted by atomic mass is 32.2. The normalized spacial score (nSPS) is 11.8. The largest absolute Gasteiger partial charge is 0.492 e. The van der Waals surface area contributed by atoms with E-state index in [4.69, 9.17) is 4.74 Å². The Morgan fingerprint density at radius 1 is 1.25 bits per heavy atom. The molecule has 2 N–H and O–H groups in total. The van der Waals surface area contributed by atoms with Crippen LogP contribution in [0.1, 0.15) is 19.4 Å². The number of rotatable bonds is 9. The van der Waals surface area contributed by atoms with Crippen LogP contribution in [0.2, 0.25) is 0 Å². The van der Waals surface area contributed by atoms with E-state index in [2.05, 4.69) is 10.0 Å². The average molecular weight is 300 g/mol. The van der Waals surface area contributed by atoms with Gasteiger partial charge in [0.1, 0.15) is 12.4 Å². The van der Waals surface area contributed by atoms with Crippen molar-refractivity contribution in [3.05, 3.63) is 29.8 Å². The summed E-state index contributed by atoms with van der Waals surface area (Å²) in [6.45, 7) is 6.99. The fraction of sp³-hybridized carbons (Fsp3) is 0.571. The number of benzene rings is 1. The van der Waals surface area contributed by atoms with Crippen LogP contribution in [0.3, 0.4) is 0 Å². The first-order valence-corrected chi connectivity index (χ1v) is 8.44. The zero-order valence-electron chi connectivity index (χ0n) is 12.3. The first-order chi connectivity index (χ1) is 9.39. The molecule has 1 rings (SSSR count). The molecule has 1 aromatic rings. The van der Waals surface area contributed by atoms with Crippen LogP contribution in [-0.4, -0.2) is 39.9 Å². The van der Waals surface area contributed by atoms with Gasteiger partial charge in [0.25, 0.3) is 0 Å². The van der Waals surface area contributed by atoms with Crippen molar-refractivity contribution >= 4 is 10.0 Å². The minimum Gasteiger partial charge on any atom is -0.492 e. The summed E-state index contributed by atoms with van der Waals surface area (Å²) in [7, 11) is -3.23. The molecule has 5 nitrogen and oxygen atoms in total. The van der Waals surface area contributed by atoms with Crippen molar-refractivity contribution in [3.63, 3.8) is 0 Å². The molecule has 114 valence electrons. The first-order valence-electron chi connectivity index (χ1n) is 6.79. The topological polar surface area (TPSA) is 67.4 Å². The smallest absolute Gasteiger partial charge is 0.212 e. The molecule has 0 aromatic heterocycles. The Bertz CT molecular complexity index is 501. The number of ether oxygens (including phenoxy) is 1. The summed E-state index contributed by atoms with van der Waals surface area (Å²) in [6.07, 6.45) is 0. The summed E-state index contributed by atoms with van der Waals surface area (Å²) >= 11 is 0. The molecule has 0 aliphatic heterocycles. The van der Waals surface area contributed by atoms with E-state index in [-0.39, 0.29) is 18.3 Å². The van der Waals surface area contributed by atoms with Crippen LogP contribution < -0.4 is 14.8 Å². The van der Waals surface area contributed by atoms with Crippen LogP contribution in [0.4, 0.5) is 0 Å². The van der Waals surface area contributed by atoms with Gasteiger partial charge in [0.05, 0.1) is 5.75 Å². The zero-order valence-corrected chi connectivity index (χ0v) is 13.2. The molecular formula is C14H24N2O3S. The second-order valence-corrected chi connectivity index (χ2v) is 6.91. The fourth-order valence-electron chi connectivity index (χ4n) is 1.63. The summed E-state index contributed by atoms with van der Waals surface area (Å²) in [5.74, 6) is 0.834. The van der Waals surface area contributed by atoms with E-state index in [1.54, 1.807) is 0 Å². The summed E-state index contributed by atoms with van der Waals surface area (Å²) < 4.78 is 31.3. The lowest BCUT2D eigenvalue weighted by Crippen LogP contribution is -2.36. The first kappa shape index (κ1) is 16.9. The maximum Gasteiger partial charge on any atom is 0.212 e. The van der Waals surface area contributed by atoms with Gasteiger partial charge in [-0.15, -0.1) is 0 Å². The standard InChI is InChI=1S/C14H24N2O3S/c1-12(2)15-8-10-20(17,18)16-7-9-19-14-6-4-5-13(3)11-14/h4-6,11-12,15-16H,7-10H2,1-3H3. The third-order valence-electron chi connectivity index (χ3n) is 2.61. The lowest BCUT2D eigenvalue weighted by atomic mass is 10.2. The summed E-state index contributed by atoms with van der Waals surface area (Å²) in [5, 5.41) is 3.07. The van der Waals surface area contributed by atoms with Crippen molar-refractivity contribution in [2.45, 2.75) is 26.8 Å². The van der Waals surface area contributed by atoms with Crippen molar-refractivity contribution in [2.24, 2.45) is 0 Å². The van der Waals surface area contributed by atoms with Crippen molar-refractivity contribution in [2.75, 3.05) is 25.4 Å². The molecular weight excluding hydrogens is 276 g/mol. The van der Waals surface area contributed by atoms with Crippen LogP contribution >= 0.6 is 0 Å². The van der Waals surface area contributed by atoms with E-state index >= 15 is 0 Å². The van der Waals surface area contributed by atoms with Gasteiger partial charge in [-0.2, -0.15) is 0 Å². The van der Waals surface area contributed by atoms with Gasteiger partial charge in [0.15, 0.2) is 0 Å². The number of aryl methyl sites for hydroxylation is 1. The molecule has 0 spiro atoms. The lowest BCUT2D eigenvalue weighted by Gasteiger charge is -2.10. The van der Waals surface area contributed by atoms with Crippen molar-refractivity contribution < 1.29 is 13.2 Å². The van der Waals surface area contributed by atoms with Gasteiger partial charge in [0.2, 0.25) is 10.0 Å². The maximum absolute atomic E-state index is 11.7. The van der Waals surface area contributed by atoms with Gasteiger partial charge < -0.3 is 10.1 Å². The minimum absolute atomic E-state index is 0.0790. The van der Waals surface area contributed by atoms with Crippen molar-refractivity contribution in [1.82, 2.24) is 10.0 Å². The number of hydrogen-bond donors (Lipinski definition) is 2. The van der Waals surface area contributed by atoms with E-state index in [0.717, 1.165) is 11.3 Å². The van der Waals surface area contributed by atoms with Gasteiger partial charge >= 0.3 is 0 Å². The van der Waals surface area contributed by atoms with Gasteiger partial charge in [-0.3, -0.25) is 0 Å². The SMILES string of the molecule is Cc1cccc(OCCNS(=O)(=O)CCNC(C)C)c1. The van der Waals surface area contributed by atoms with Crippen LogP contribution in [0.25, 0.3) is 0 Å². The molecule has 0 amide bonds. The molecule has 6 heteroatoms. The molecule has 1 aromatic carbocycles. The molecule has 0 saturated carbocycles. The van der Waals surface area contributed by atoms with E-state index in [9.17, 15) is 8.42 Å². The minimum atomic E-state index is -3.23. The quantitative estimate of drug-likeness (QED) is 0.674. The lowest BCUT2D eigenvalue weighted by molar-refractivity contribution is 0.322. The number of nitrogens with one attached hydrogen (secondary N) is 2. The molecule has 0 aliphatic carbocycles. The van der Waals surface area contributed by atoms with E-state index in [0.29, 0.717) is 13.2 Å². The Kier molecular flexibility index (Phi) is 6.98. The Balaban J connectivity index is 2.23. The van der Waals surface area contributed by atoms with Crippen LogP contribution in [0, 0.1) is 6.92 Å². The van der Waals surface area contributed by atoms with Gasteiger partial charge in [0, 0.05) is 19.1 Å². The molecule has 0 unspecified atom stereocenters. The summed E-state index contributed by atoms with van der Waals surface area (Å²) in [5.41, 5.74) is 1.11. The van der Waals surface area contributed by atoms with Crippen LogP contribution in [0.5, 0.6) is 5.75 Å². The fourth-order valence-corrected chi connectivity index (χ4v) is 2.55. The summed E-state index contributed by atoms with van der Waals surface area (Å²) in [4.78, 5) is 0. The zero-order chi connectivity index (χ0) is 15.0. The Morgan fingerprint density at radius 2 is 2.00 bits per heavy atom. The number of hydrogen-bond acceptors (Lipinski definition) is 4. The molecule has 0 aliphatic rings.